The zero-order chi connectivity index (χ0) is 20.2. The summed E-state index contributed by atoms with van der Waals surface area (Å²) < 4.78 is 1.85. The summed E-state index contributed by atoms with van der Waals surface area (Å²) in [6, 6.07) is 9.11. The number of nitrogens with zero attached hydrogens (tertiary/aromatic N) is 6. The summed E-state index contributed by atoms with van der Waals surface area (Å²) in [5.41, 5.74) is 2.70. The first-order valence-electron chi connectivity index (χ1n) is 10.4. The number of para-hydroxylation sites is 1. The first kappa shape index (κ1) is 20.2. The van der Waals surface area contributed by atoms with Gasteiger partial charge in [0, 0.05) is 58.0 Å². The Bertz CT molecular complexity index is 832. The maximum absolute atomic E-state index is 12.7. The number of hydrogen-bond donors (Lipinski definition) is 0. The van der Waals surface area contributed by atoms with Crippen LogP contribution in [0.15, 0.2) is 35.7 Å². The van der Waals surface area contributed by atoms with Crippen molar-refractivity contribution >= 4 is 23.4 Å². The molecule has 1 atom stereocenters. The molecule has 8 heteroatoms. The largest absolute Gasteiger partial charge is 0.369 e. The maximum atomic E-state index is 12.7. The number of piperidine rings is 1. The average Bonchev–Trinajstić information content (AvgIpc) is 3.17. The number of thioether (sulfide) groups is 1. The van der Waals surface area contributed by atoms with Crippen molar-refractivity contribution in [1.29, 1.82) is 0 Å². The summed E-state index contributed by atoms with van der Waals surface area (Å²) in [4.78, 5) is 19.9. The maximum Gasteiger partial charge on any atom is 0.233 e. The number of benzene rings is 1. The minimum absolute atomic E-state index is 0.209. The molecule has 1 amide bonds. The molecular weight excluding hydrogens is 384 g/mol. The van der Waals surface area contributed by atoms with Crippen molar-refractivity contribution in [2.45, 2.75) is 31.0 Å². The summed E-state index contributed by atoms with van der Waals surface area (Å²) in [6.45, 7) is 8.14. The molecule has 3 heterocycles. The van der Waals surface area contributed by atoms with E-state index in [1.165, 1.54) is 29.4 Å². The second-order valence-corrected chi connectivity index (χ2v) is 8.90. The molecule has 4 rings (SSSR count). The van der Waals surface area contributed by atoms with E-state index in [2.05, 4.69) is 51.2 Å². The second-order valence-electron chi connectivity index (χ2n) is 7.96. The Morgan fingerprint density at radius 1 is 1.17 bits per heavy atom. The topological polar surface area (TPSA) is 57.5 Å². The normalized spacial score (nSPS) is 20.8. The van der Waals surface area contributed by atoms with Crippen LogP contribution < -0.4 is 4.90 Å². The lowest BCUT2D eigenvalue weighted by molar-refractivity contribution is -0.130. The summed E-state index contributed by atoms with van der Waals surface area (Å²) in [6.07, 6.45) is 3.94. The van der Waals surface area contributed by atoms with Crippen LogP contribution in [0.2, 0.25) is 0 Å². The Labute approximate surface area is 177 Å². The van der Waals surface area contributed by atoms with Crippen molar-refractivity contribution in [3.63, 3.8) is 0 Å². The van der Waals surface area contributed by atoms with Crippen molar-refractivity contribution in [2.75, 3.05) is 49.9 Å². The molecule has 2 aliphatic rings. The Morgan fingerprint density at radius 3 is 2.69 bits per heavy atom. The Hall–Kier alpha value is -2.06. The molecule has 7 nitrogen and oxygen atoms in total. The first-order chi connectivity index (χ1) is 14.1. The van der Waals surface area contributed by atoms with Gasteiger partial charge in [-0.1, -0.05) is 30.0 Å². The van der Waals surface area contributed by atoms with E-state index in [0.29, 0.717) is 11.8 Å². The van der Waals surface area contributed by atoms with E-state index < -0.39 is 0 Å². The van der Waals surface area contributed by atoms with Gasteiger partial charge in [0.05, 0.1) is 5.75 Å². The zero-order valence-corrected chi connectivity index (χ0v) is 18.1. The van der Waals surface area contributed by atoms with Gasteiger partial charge in [0.25, 0.3) is 0 Å². The molecule has 0 radical (unpaired) electrons. The van der Waals surface area contributed by atoms with Crippen molar-refractivity contribution in [3.8, 4) is 0 Å². The Balaban J connectivity index is 1.28. The van der Waals surface area contributed by atoms with Crippen LogP contribution in [0, 0.1) is 6.92 Å². The van der Waals surface area contributed by atoms with Gasteiger partial charge in [-0.2, -0.15) is 0 Å². The van der Waals surface area contributed by atoms with Crippen molar-refractivity contribution in [1.82, 2.24) is 24.6 Å². The fourth-order valence-corrected chi connectivity index (χ4v) is 5.14. The van der Waals surface area contributed by atoms with E-state index in [-0.39, 0.29) is 5.91 Å². The van der Waals surface area contributed by atoms with Gasteiger partial charge in [-0.25, -0.2) is 0 Å². The average molecular weight is 415 g/mol. The fraction of sp³-hybridized carbons (Fsp3) is 0.571. The van der Waals surface area contributed by atoms with Crippen molar-refractivity contribution in [2.24, 2.45) is 7.05 Å². The third kappa shape index (κ3) is 4.75. The first-order valence-corrected chi connectivity index (χ1v) is 11.4. The second kappa shape index (κ2) is 9.17. The molecule has 2 aliphatic heterocycles. The van der Waals surface area contributed by atoms with Crippen LogP contribution in [0.4, 0.5) is 5.69 Å². The number of amides is 1. The number of likely N-dealkylation sites (tertiary alicyclic amines) is 1. The molecule has 29 heavy (non-hydrogen) atoms. The lowest BCUT2D eigenvalue weighted by Gasteiger charge is -2.44. The van der Waals surface area contributed by atoms with Crippen LogP contribution in [-0.4, -0.2) is 81.5 Å². The number of aromatic nitrogens is 3. The lowest BCUT2D eigenvalue weighted by atomic mass is 10.0. The van der Waals surface area contributed by atoms with Gasteiger partial charge in [-0.05, 0) is 31.4 Å². The van der Waals surface area contributed by atoms with Crippen molar-refractivity contribution < 1.29 is 4.79 Å². The molecule has 2 fully saturated rings. The predicted molar refractivity (Wildman–Crippen MR) is 116 cm³/mol. The minimum Gasteiger partial charge on any atom is -0.369 e. The Kier molecular flexibility index (Phi) is 6.40. The van der Waals surface area contributed by atoms with E-state index >= 15 is 0 Å². The van der Waals surface area contributed by atoms with Gasteiger partial charge in [0.1, 0.15) is 6.33 Å². The van der Waals surface area contributed by atoms with E-state index in [9.17, 15) is 4.79 Å². The lowest BCUT2D eigenvalue weighted by Crippen LogP contribution is -2.56. The molecule has 0 bridgehead atoms. The predicted octanol–water partition coefficient (Wildman–Crippen LogP) is 2.03. The van der Waals surface area contributed by atoms with Gasteiger partial charge >= 0.3 is 0 Å². The van der Waals surface area contributed by atoms with Crippen LogP contribution in [0.3, 0.4) is 0 Å². The number of aryl methyl sites for hydroxylation is 2. The van der Waals surface area contributed by atoms with Crippen LogP contribution >= 0.6 is 11.8 Å². The molecule has 156 valence electrons. The quantitative estimate of drug-likeness (QED) is 0.698. The molecule has 0 unspecified atom stereocenters. The standard InChI is InChI=1S/C21H30N6OS/c1-17-6-3-4-8-19(17)26-12-10-25(11-13-26)18-7-5-9-27(14-18)20(28)15-29-21-23-22-16-24(21)2/h3-4,6,8,16,18H,5,7,9-15H2,1-2H3/t18-/m0/s1. The van der Waals surface area contributed by atoms with E-state index in [4.69, 9.17) is 0 Å². The van der Waals surface area contributed by atoms with Crippen LogP contribution in [-0.2, 0) is 11.8 Å². The van der Waals surface area contributed by atoms with Gasteiger partial charge in [0.2, 0.25) is 5.91 Å². The summed E-state index contributed by atoms with van der Waals surface area (Å²) in [5, 5.41) is 8.72. The highest BCUT2D eigenvalue weighted by Gasteiger charge is 2.30. The van der Waals surface area contributed by atoms with Crippen LogP contribution in [0.5, 0.6) is 0 Å². The monoisotopic (exact) mass is 414 g/mol. The zero-order valence-electron chi connectivity index (χ0n) is 17.3. The molecule has 0 saturated carbocycles. The highest BCUT2D eigenvalue weighted by atomic mass is 32.2. The number of carbonyl (C=O) groups is 1. The molecule has 0 aliphatic carbocycles. The van der Waals surface area contributed by atoms with Crippen molar-refractivity contribution in [3.05, 3.63) is 36.2 Å². The molecule has 1 aromatic heterocycles. The third-order valence-corrected chi connectivity index (χ3v) is 7.05. The Morgan fingerprint density at radius 2 is 1.97 bits per heavy atom. The van der Waals surface area contributed by atoms with E-state index in [0.717, 1.165) is 50.8 Å². The van der Waals surface area contributed by atoms with Gasteiger partial charge in [0.15, 0.2) is 5.16 Å². The number of carbonyl (C=O) groups excluding carboxylic acids is 1. The van der Waals surface area contributed by atoms with E-state index in [1.807, 2.05) is 16.5 Å². The van der Waals surface area contributed by atoms with Gasteiger partial charge in [-0.3, -0.25) is 9.69 Å². The highest BCUT2D eigenvalue weighted by molar-refractivity contribution is 7.99. The summed E-state index contributed by atoms with van der Waals surface area (Å²) in [7, 11) is 1.90. The molecule has 1 aromatic carbocycles. The molecular formula is C21H30N6OS. The SMILES string of the molecule is Cc1ccccc1N1CCN([C@H]2CCCN(C(=O)CSc3nncn3C)C2)CC1. The molecule has 0 spiro atoms. The minimum atomic E-state index is 0.209. The number of rotatable bonds is 5. The van der Waals surface area contributed by atoms with Crippen LogP contribution in [0.25, 0.3) is 0 Å². The van der Waals surface area contributed by atoms with Gasteiger partial charge in [-0.15, -0.1) is 10.2 Å². The van der Waals surface area contributed by atoms with Gasteiger partial charge < -0.3 is 14.4 Å². The van der Waals surface area contributed by atoms with E-state index in [1.54, 1.807) is 6.33 Å². The third-order valence-electron chi connectivity index (χ3n) is 6.03. The smallest absolute Gasteiger partial charge is 0.233 e. The highest BCUT2D eigenvalue weighted by Crippen LogP contribution is 2.24. The number of piperazine rings is 1. The molecule has 2 aromatic rings. The fourth-order valence-electron chi connectivity index (χ4n) is 4.35. The molecule has 2 saturated heterocycles. The summed E-state index contributed by atoms with van der Waals surface area (Å²) >= 11 is 1.47. The summed E-state index contributed by atoms with van der Waals surface area (Å²) in [5.74, 6) is 0.640. The number of hydrogen-bond acceptors (Lipinski definition) is 6. The van der Waals surface area contributed by atoms with Crippen LogP contribution in [0.1, 0.15) is 18.4 Å². The number of anilines is 1. The molecule has 0 N–H and O–H groups in total.